The summed E-state index contributed by atoms with van der Waals surface area (Å²) in [4.78, 5) is 25.9. The second-order valence-corrected chi connectivity index (χ2v) is 8.52. The van der Waals surface area contributed by atoms with Crippen molar-refractivity contribution >= 4 is 40.2 Å². The summed E-state index contributed by atoms with van der Waals surface area (Å²) in [5.74, 6) is -0.0864. The van der Waals surface area contributed by atoms with Crippen LogP contribution in [0.2, 0.25) is 0 Å². The first-order valence-corrected chi connectivity index (χ1v) is 11.7. The highest BCUT2D eigenvalue weighted by atomic mass is 32.2. The Balaban J connectivity index is 1.39. The van der Waals surface area contributed by atoms with Gasteiger partial charge in [0.05, 0.1) is 18.4 Å². The van der Waals surface area contributed by atoms with Crippen molar-refractivity contribution in [3.05, 3.63) is 90.4 Å². The van der Waals surface area contributed by atoms with Crippen molar-refractivity contribution < 1.29 is 18.7 Å². The van der Waals surface area contributed by atoms with Crippen LogP contribution >= 0.6 is 11.8 Å². The molecular formula is C26H24FN3O3S. The van der Waals surface area contributed by atoms with Crippen LogP contribution in [-0.4, -0.2) is 35.8 Å². The van der Waals surface area contributed by atoms with E-state index in [1.54, 1.807) is 30.3 Å². The Labute approximate surface area is 201 Å². The molecule has 0 saturated heterocycles. The molecule has 174 valence electrons. The fraction of sp³-hybridized carbons (Fsp3) is 0.154. The lowest BCUT2D eigenvalue weighted by atomic mass is 10.2. The maximum Gasteiger partial charge on any atom is 0.255 e. The monoisotopic (exact) mass is 477 g/mol. The van der Waals surface area contributed by atoms with Gasteiger partial charge in [-0.2, -0.15) is 0 Å². The molecule has 4 rings (SSSR count). The lowest BCUT2D eigenvalue weighted by Crippen LogP contribution is -2.27. The van der Waals surface area contributed by atoms with E-state index in [1.807, 2.05) is 36.5 Å². The Morgan fingerprint density at radius 1 is 1.03 bits per heavy atom. The average molecular weight is 478 g/mol. The first kappa shape index (κ1) is 23.4. The van der Waals surface area contributed by atoms with E-state index in [-0.39, 0.29) is 17.6 Å². The van der Waals surface area contributed by atoms with Crippen LogP contribution < -0.4 is 15.4 Å². The number of amides is 2. The number of nitrogens with one attached hydrogen (secondary N) is 2. The standard InChI is InChI=1S/C26H24FN3O3S/c1-33-23-12-5-3-10-21(23)26(32)28-13-14-30-16-24(20-9-2-4-11-22(20)30)34-17-25(31)29-19-8-6-7-18(27)15-19/h2-12,15-16H,13-14,17H2,1H3,(H,28,32)(H,29,31). The van der Waals surface area contributed by atoms with E-state index < -0.39 is 5.82 Å². The number of ether oxygens (including phenoxy) is 1. The molecule has 0 saturated carbocycles. The third-order valence-corrected chi connectivity index (χ3v) is 6.25. The lowest BCUT2D eigenvalue weighted by Gasteiger charge is -2.10. The van der Waals surface area contributed by atoms with Gasteiger partial charge in [0.15, 0.2) is 0 Å². The minimum atomic E-state index is -0.397. The van der Waals surface area contributed by atoms with Gasteiger partial charge in [0, 0.05) is 40.8 Å². The SMILES string of the molecule is COc1ccccc1C(=O)NCCn1cc(SCC(=O)Nc2cccc(F)c2)c2ccccc21. The van der Waals surface area contributed by atoms with Crippen LogP contribution in [0.15, 0.2) is 83.9 Å². The summed E-state index contributed by atoms with van der Waals surface area (Å²) < 4.78 is 20.7. The van der Waals surface area contributed by atoms with Crippen LogP contribution in [0.3, 0.4) is 0 Å². The Hall–Kier alpha value is -3.78. The second kappa shape index (κ2) is 10.9. The molecule has 0 spiro atoms. The third kappa shape index (κ3) is 5.58. The Kier molecular flexibility index (Phi) is 7.49. The van der Waals surface area contributed by atoms with Crippen LogP contribution in [0.1, 0.15) is 10.4 Å². The molecule has 0 aliphatic rings. The molecule has 0 aliphatic carbocycles. The van der Waals surface area contributed by atoms with Gasteiger partial charge in [-0.05, 0) is 36.4 Å². The maximum absolute atomic E-state index is 13.3. The van der Waals surface area contributed by atoms with Gasteiger partial charge < -0.3 is 19.9 Å². The average Bonchev–Trinajstić information content (AvgIpc) is 3.20. The predicted octanol–water partition coefficient (Wildman–Crippen LogP) is 4.95. The zero-order valence-electron chi connectivity index (χ0n) is 18.6. The van der Waals surface area contributed by atoms with Crippen LogP contribution in [-0.2, 0) is 11.3 Å². The number of rotatable bonds is 9. The first-order valence-electron chi connectivity index (χ1n) is 10.7. The molecule has 34 heavy (non-hydrogen) atoms. The molecule has 3 aromatic carbocycles. The van der Waals surface area contributed by atoms with E-state index in [4.69, 9.17) is 4.74 Å². The van der Waals surface area contributed by atoms with Gasteiger partial charge in [0.25, 0.3) is 5.91 Å². The number of halogens is 1. The maximum atomic E-state index is 13.3. The van der Waals surface area contributed by atoms with E-state index >= 15 is 0 Å². The number of carbonyl (C=O) groups is 2. The summed E-state index contributed by atoms with van der Waals surface area (Å²) in [5.41, 5.74) is 1.93. The van der Waals surface area contributed by atoms with E-state index in [0.717, 1.165) is 15.8 Å². The summed E-state index contributed by atoms with van der Waals surface area (Å²) in [5, 5.41) is 6.68. The zero-order chi connectivity index (χ0) is 23.9. The van der Waals surface area contributed by atoms with Gasteiger partial charge in [0.2, 0.25) is 5.91 Å². The van der Waals surface area contributed by atoms with Gasteiger partial charge in [-0.25, -0.2) is 4.39 Å². The summed E-state index contributed by atoms with van der Waals surface area (Å²) in [6.45, 7) is 0.997. The quantitative estimate of drug-likeness (QED) is 0.335. The molecule has 0 unspecified atom stereocenters. The van der Waals surface area contributed by atoms with Crippen molar-refractivity contribution in [1.29, 1.82) is 0 Å². The number of nitrogens with zero attached hydrogens (tertiary/aromatic N) is 1. The first-order chi connectivity index (χ1) is 16.5. The van der Waals surface area contributed by atoms with Gasteiger partial charge in [-0.3, -0.25) is 9.59 Å². The smallest absolute Gasteiger partial charge is 0.255 e. The minimum Gasteiger partial charge on any atom is -0.496 e. The number of thioether (sulfide) groups is 1. The Bertz CT molecular complexity index is 1320. The molecule has 0 radical (unpaired) electrons. The number of para-hydroxylation sites is 2. The summed E-state index contributed by atoms with van der Waals surface area (Å²) in [6.07, 6.45) is 1.99. The van der Waals surface area contributed by atoms with Crippen LogP contribution in [0.25, 0.3) is 10.9 Å². The third-order valence-electron chi connectivity index (χ3n) is 5.21. The molecule has 6 nitrogen and oxygen atoms in total. The molecular weight excluding hydrogens is 453 g/mol. The molecule has 8 heteroatoms. The van der Waals surface area contributed by atoms with Crippen molar-refractivity contribution in [3.8, 4) is 5.75 Å². The number of methoxy groups -OCH3 is 1. The number of benzene rings is 3. The van der Waals surface area contributed by atoms with Gasteiger partial charge in [-0.15, -0.1) is 11.8 Å². The zero-order valence-corrected chi connectivity index (χ0v) is 19.4. The predicted molar refractivity (Wildman–Crippen MR) is 133 cm³/mol. The van der Waals surface area contributed by atoms with Crippen molar-refractivity contribution in [1.82, 2.24) is 9.88 Å². The van der Waals surface area contributed by atoms with Crippen LogP contribution in [0.5, 0.6) is 5.75 Å². The molecule has 0 bridgehead atoms. The summed E-state index contributed by atoms with van der Waals surface area (Å²) in [6, 6.07) is 20.8. The fourth-order valence-corrected chi connectivity index (χ4v) is 4.53. The number of hydrogen-bond acceptors (Lipinski definition) is 4. The number of fused-ring (bicyclic) bond motifs is 1. The molecule has 4 aromatic rings. The van der Waals surface area contributed by atoms with Crippen molar-refractivity contribution in [2.45, 2.75) is 11.4 Å². The minimum absolute atomic E-state index is 0.190. The molecule has 0 atom stereocenters. The van der Waals surface area contributed by atoms with Crippen LogP contribution in [0, 0.1) is 5.82 Å². The Morgan fingerprint density at radius 2 is 1.82 bits per heavy atom. The highest BCUT2D eigenvalue weighted by Gasteiger charge is 2.13. The number of carbonyl (C=O) groups excluding carboxylic acids is 2. The second-order valence-electron chi connectivity index (χ2n) is 7.51. The number of anilines is 1. The van der Waals surface area contributed by atoms with E-state index in [1.165, 1.54) is 31.0 Å². The summed E-state index contributed by atoms with van der Waals surface area (Å²) in [7, 11) is 1.54. The molecule has 0 fully saturated rings. The van der Waals surface area contributed by atoms with Crippen molar-refractivity contribution in [2.24, 2.45) is 0 Å². The van der Waals surface area contributed by atoms with Crippen molar-refractivity contribution in [3.63, 3.8) is 0 Å². The van der Waals surface area contributed by atoms with Crippen molar-refractivity contribution in [2.75, 3.05) is 24.7 Å². The fourth-order valence-electron chi connectivity index (χ4n) is 3.64. The van der Waals surface area contributed by atoms with Gasteiger partial charge >= 0.3 is 0 Å². The molecule has 1 aromatic heterocycles. The van der Waals surface area contributed by atoms with Gasteiger partial charge in [0.1, 0.15) is 11.6 Å². The largest absolute Gasteiger partial charge is 0.496 e. The lowest BCUT2D eigenvalue weighted by molar-refractivity contribution is -0.113. The Morgan fingerprint density at radius 3 is 2.65 bits per heavy atom. The van der Waals surface area contributed by atoms with E-state index in [2.05, 4.69) is 15.2 Å². The number of hydrogen-bond donors (Lipinski definition) is 2. The molecule has 1 heterocycles. The number of aromatic nitrogens is 1. The summed E-state index contributed by atoms with van der Waals surface area (Å²) >= 11 is 1.41. The molecule has 2 amide bonds. The normalized spacial score (nSPS) is 10.8. The topological polar surface area (TPSA) is 72.4 Å². The molecule has 0 aliphatic heterocycles. The highest BCUT2D eigenvalue weighted by molar-refractivity contribution is 8.00. The molecule has 2 N–H and O–H groups in total. The van der Waals surface area contributed by atoms with Gasteiger partial charge in [-0.1, -0.05) is 36.4 Å². The van der Waals surface area contributed by atoms with E-state index in [9.17, 15) is 14.0 Å². The highest BCUT2D eigenvalue weighted by Crippen LogP contribution is 2.30. The van der Waals surface area contributed by atoms with Crippen LogP contribution in [0.4, 0.5) is 10.1 Å². The van der Waals surface area contributed by atoms with E-state index in [0.29, 0.717) is 30.1 Å².